The smallest absolute Gasteiger partial charge is 0.246 e. The average Bonchev–Trinajstić information content (AvgIpc) is 3.11. The van der Waals surface area contributed by atoms with Crippen molar-refractivity contribution in [1.82, 2.24) is 9.21 Å². The minimum absolute atomic E-state index is 0.177. The van der Waals surface area contributed by atoms with Crippen LogP contribution in [0, 0.1) is 0 Å². The highest BCUT2D eigenvalue weighted by Gasteiger charge is 2.29. The van der Waals surface area contributed by atoms with Crippen molar-refractivity contribution in [3.05, 3.63) is 52.9 Å². The van der Waals surface area contributed by atoms with E-state index in [-0.39, 0.29) is 23.9 Å². The normalized spacial score (nSPS) is 16.0. The largest absolute Gasteiger partial charge is 0.497 e. The first-order valence-electron chi connectivity index (χ1n) is 8.27. The summed E-state index contributed by atoms with van der Waals surface area (Å²) in [5, 5.41) is 0. The van der Waals surface area contributed by atoms with Gasteiger partial charge in [-0.05, 0) is 58.4 Å². The Labute approximate surface area is 166 Å². The Kier molecular flexibility index (Phi) is 6.03. The standard InChI is InChI=1S/C18H19BrN2O5S/c1-25-14-2-6-16(7-3-14)27(23,24)21-12-10-20(11-13-21)18(22)9-5-15-4-8-17(19)26-15/h2-9H,10-13H2,1H3/b9-5+. The predicted molar refractivity (Wildman–Crippen MR) is 104 cm³/mol. The van der Waals surface area contributed by atoms with Crippen LogP contribution in [0.1, 0.15) is 5.76 Å². The molecule has 7 nitrogen and oxygen atoms in total. The molecule has 9 heteroatoms. The maximum Gasteiger partial charge on any atom is 0.246 e. The molecule has 0 saturated carbocycles. The maximum atomic E-state index is 12.7. The van der Waals surface area contributed by atoms with E-state index in [4.69, 9.17) is 9.15 Å². The maximum absolute atomic E-state index is 12.7. The fraction of sp³-hybridized carbons (Fsp3) is 0.278. The van der Waals surface area contributed by atoms with Crippen LogP contribution in [0.3, 0.4) is 0 Å². The minimum Gasteiger partial charge on any atom is -0.497 e. The van der Waals surface area contributed by atoms with Gasteiger partial charge in [0.15, 0.2) is 4.67 Å². The van der Waals surface area contributed by atoms with Crippen molar-refractivity contribution in [2.24, 2.45) is 0 Å². The zero-order chi connectivity index (χ0) is 19.4. The number of halogens is 1. The van der Waals surface area contributed by atoms with E-state index in [9.17, 15) is 13.2 Å². The Balaban J connectivity index is 1.60. The van der Waals surface area contributed by atoms with Crippen LogP contribution in [-0.2, 0) is 14.8 Å². The van der Waals surface area contributed by atoms with Crippen molar-refractivity contribution in [3.8, 4) is 5.75 Å². The first kappa shape index (κ1) is 19.7. The fourth-order valence-corrected chi connectivity index (χ4v) is 4.46. The van der Waals surface area contributed by atoms with E-state index >= 15 is 0 Å². The first-order chi connectivity index (χ1) is 12.9. The molecule has 1 aromatic carbocycles. The molecular formula is C18H19BrN2O5S. The molecule has 1 aromatic heterocycles. The summed E-state index contributed by atoms with van der Waals surface area (Å²) < 4.78 is 37.8. The summed E-state index contributed by atoms with van der Waals surface area (Å²) in [6, 6.07) is 9.76. The number of hydrogen-bond acceptors (Lipinski definition) is 5. The molecular weight excluding hydrogens is 436 g/mol. The number of methoxy groups -OCH3 is 1. The minimum atomic E-state index is -3.59. The van der Waals surface area contributed by atoms with Crippen LogP contribution < -0.4 is 4.74 Å². The van der Waals surface area contributed by atoms with Gasteiger partial charge in [-0.1, -0.05) is 0 Å². The molecule has 0 atom stereocenters. The highest BCUT2D eigenvalue weighted by Crippen LogP contribution is 2.21. The third-order valence-corrected chi connectivity index (χ3v) is 6.57. The molecule has 2 aromatic rings. The van der Waals surface area contributed by atoms with E-state index in [1.54, 1.807) is 35.2 Å². The number of nitrogens with zero attached hydrogens (tertiary/aromatic N) is 2. The Morgan fingerprint density at radius 2 is 1.78 bits per heavy atom. The molecule has 0 aliphatic carbocycles. The molecule has 2 heterocycles. The van der Waals surface area contributed by atoms with Crippen molar-refractivity contribution in [2.75, 3.05) is 33.3 Å². The van der Waals surface area contributed by atoms with Crippen molar-refractivity contribution in [3.63, 3.8) is 0 Å². The number of rotatable bonds is 5. The summed E-state index contributed by atoms with van der Waals surface area (Å²) in [7, 11) is -2.06. The molecule has 0 N–H and O–H groups in total. The lowest BCUT2D eigenvalue weighted by atomic mass is 10.3. The van der Waals surface area contributed by atoms with Crippen LogP contribution in [0.2, 0.25) is 0 Å². The predicted octanol–water partition coefficient (Wildman–Crippen LogP) is 2.60. The van der Waals surface area contributed by atoms with E-state index in [2.05, 4.69) is 15.9 Å². The van der Waals surface area contributed by atoms with Crippen molar-refractivity contribution >= 4 is 37.9 Å². The second kappa shape index (κ2) is 8.28. The van der Waals surface area contributed by atoms with Gasteiger partial charge in [-0.2, -0.15) is 4.31 Å². The lowest BCUT2D eigenvalue weighted by molar-refractivity contribution is -0.127. The van der Waals surface area contributed by atoms with Crippen molar-refractivity contribution < 1.29 is 22.4 Å². The fourth-order valence-electron chi connectivity index (χ4n) is 2.72. The lowest BCUT2D eigenvalue weighted by Gasteiger charge is -2.33. The molecule has 1 saturated heterocycles. The van der Waals surface area contributed by atoms with Gasteiger partial charge in [0.05, 0.1) is 12.0 Å². The molecule has 3 rings (SSSR count). The summed E-state index contributed by atoms with van der Waals surface area (Å²) >= 11 is 3.20. The Morgan fingerprint density at radius 3 is 2.33 bits per heavy atom. The Hall–Kier alpha value is -2.10. The summed E-state index contributed by atoms with van der Waals surface area (Å²) in [4.78, 5) is 14.1. The number of amides is 1. The lowest BCUT2D eigenvalue weighted by Crippen LogP contribution is -2.50. The molecule has 1 amide bonds. The molecule has 27 heavy (non-hydrogen) atoms. The molecule has 0 bridgehead atoms. The number of hydrogen-bond donors (Lipinski definition) is 0. The summed E-state index contributed by atoms with van der Waals surface area (Å²) in [5.41, 5.74) is 0. The zero-order valence-corrected chi connectivity index (χ0v) is 17.1. The van der Waals surface area contributed by atoms with Crippen LogP contribution in [-0.4, -0.2) is 56.8 Å². The molecule has 0 spiro atoms. The summed E-state index contributed by atoms with van der Waals surface area (Å²) in [6.07, 6.45) is 3.02. The van der Waals surface area contributed by atoms with Gasteiger partial charge < -0.3 is 14.1 Å². The highest BCUT2D eigenvalue weighted by molar-refractivity contribution is 9.10. The van der Waals surface area contributed by atoms with Gasteiger partial charge in [-0.3, -0.25) is 4.79 Å². The quantitative estimate of drug-likeness (QED) is 0.648. The number of carbonyl (C=O) groups is 1. The monoisotopic (exact) mass is 454 g/mol. The van der Waals surface area contributed by atoms with E-state index in [1.807, 2.05) is 0 Å². The van der Waals surface area contributed by atoms with E-state index in [1.165, 1.54) is 29.6 Å². The molecule has 1 fully saturated rings. The third kappa shape index (κ3) is 4.60. The van der Waals surface area contributed by atoms with Crippen LogP contribution in [0.25, 0.3) is 6.08 Å². The molecule has 144 valence electrons. The van der Waals surface area contributed by atoms with Gasteiger partial charge in [-0.15, -0.1) is 0 Å². The third-order valence-electron chi connectivity index (χ3n) is 4.23. The van der Waals surface area contributed by atoms with E-state index < -0.39 is 10.0 Å². The van der Waals surface area contributed by atoms with Gasteiger partial charge in [0.25, 0.3) is 0 Å². The van der Waals surface area contributed by atoms with E-state index in [0.29, 0.717) is 29.3 Å². The zero-order valence-electron chi connectivity index (χ0n) is 14.7. The molecule has 1 aliphatic rings. The number of piperazine rings is 1. The number of furan rings is 1. The topological polar surface area (TPSA) is 80.1 Å². The molecule has 0 unspecified atom stereocenters. The highest BCUT2D eigenvalue weighted by atomic mass is 79.9. The SMILES string of the molecule is COc1ccc(S(=O)(=O)N2CCN(C(=O)/C=C/c3ccc(Br)o3)CC2)cc1. The second-order valence-corrected chi connectivity index (χ2v) is 8.60. The molecule has 1 aliphatic heterocycles. The molecule has 0 radical (unpaired) electrons. The van der Waals surface area contributed by atoms with Gasteiger partial charge in [0.2, 0.25) is 15.9 Å². The number of ether oxygens (including phenoxy) is 1. The average molecular weight is 455 g/mol. The van der Waals surface area contributed by atoms with Crippen LogP contribution in [0.5, 0.6) is 5.75 Å². The van der Waals surface area contributed by atoms with Crippen LogP contribution >= 0.6 is 15.9 Å². The van der Waals surface area contributed by atoms with E-state index in [0.717, 1.165) is 0 Å². The van der Waals surface area contributed by atoms with Crippen LogP contribution in [0.15, 0.2) is 56.5 Å². The van der Waals surface area contributed by atoms with Crippen LogP contribution in [0.4, 0.5) is 0 Å². The van der Waals surface area contributed by atoms with Gasteiger partial charge in [-0.25, -0.2) is 8.42 Å². The first-order valence-corrected chi connectivity index (χ1v) is 10.5. The van der Waals surface area contributed by atoms with Gasteiger partial charge in [0, 0.05) is 32.3 Å². The van der Waals surface area contributed by atoms with Gasteiger partial charge >= 0.3 is 0 Å². The summed E-state index contributed by atoms with van der Waals surface area (Å²) in [5.74, 6) is 0.986. The van der Waals surface area contributed by atoms with Crippen molar-refractivity contribution in [1.29, 1.82) is 0 Å². The van der Waals surface area contributed by atoms with Crippen molar-refractivity contribution in [2.45, 2.75) is 4.90 Å². The summed E-state index contributed by atoms with van der Waals surface area (Å²) in [6.45, 7) is 1.17. The second-order valence-electron chi connectivity index (χ2n) is 5.88. The number of benzene rings is 1. The van der Waals surface area contributed by atoms with Gasteiger partial charge in [0.1, 0.15) is 11.5 Å². The number of carbonyl (C=O) groups excluding carboxylic acids is 1. The number of sulfonamides is 1. The Bertz CT molecular complexity index is 929. The Morgan fingerprint density at radius 1 is 1.11 bits per heavy atom.